The molecule has 1 N–H and O–H groups in total. The number of hydrogen-bond acceptors (Lipinski definition) is 7. The number of hydrogen-bond donors (Lipinski definition) is 1. The van der Waals surface area contributed by atoms with Gasteiger partial charge in [0.05, 0.1) is 33.8 Å². The van der Waals surface area contributed by atoms with Gasteiger partial charge < -0.3 is 28.5 Å². The molecule has 0 aromatic carbocycles. The van der Waals surface area contributed by atoms with E-state index in [1.807, 2.05) is 33.3 Å². The van der Waals surface area contributed by atoms with Crippen LogP contribution in [-0.4, -0.2) is 69.4 Å². The minimum absolute atomic E-state index is 0.0409. The second-order valence-corrected chi connectivity index (χ2v) is 23.2. The van der Waals surface area contributed by atoms with Crippen LogP contribution in [0.15, 0.2) is 134 Å². The number of amides is 1. The number of phosphoric ester groups is 1. The Balaban J connectivity index is 5.36. The molecule has 0 saturated heterocycles. The molecule has 0 radical (unpaired) electrons. The smallest absolute Gasteiger partial charge is 0.306 e. The highest BCUT2D eigenvalue weighted by Crippen LogP contribution is 2.38. The van der Waals surface area contributed by atoms with Gasteiger partial charge in [-0.1, -0.05) is 245 Å². The van der Waals surface area contributed by atoms with E-state index in [1.54, 1.807) is 0 Å². The van der Waals surface area contributed by atoms with Crippen LogP contribution < -0.4 is 10.2 Å². The minimum Gasteiger partial charge on any atom is -0.756 e. The quantitative estimate of drug-likeness (QED) is 0.0212. The van der Waals surface area contributed by atoms with Gasteiger partial charge in [0.25, 0.3) is 7.82 Å². The van der Waals surface area contributed by atoms with Crippen LogP contribution in [0.2, 0.25) is 0 Å². The normalized spacial score (nSPS) is 14.6. The van der Waals surface area contributed by atoms with E-state index in [9.17, 15) is 19.0 Å². The molecule has 0 saturated carbocycles. The van der Waals surface area contributed by atoms with Crippen molar-refractivity contribution < 1.29 is 37.3 Å². The third kappa shape index (κ3) is 58.6. The zero-order valence-electron chi connectivity index (χ0n) is 51.3. The van der Waals surface area contributed by atoms with Crippen LogP contribution in [0.4, 0.5) is 0 Å². The number of quaternary nitrogens is 1. The average Bonchev–Trinajstić information content (AvgIpc) is 3.41. The van der Waals surface area contributed by atoms with E-state index in [0.717, 1.165) is 116 Å². The van der Waals surface area contributed by atoms with Crippen molar-refractivity contribution in [3.63, 3.8) is 0 Å². The van der Waals surface area contributed by atoms with Crippen molar-refractivity contribution in [1.29, 1.82) is 0 Å². The van der Waals surface area contributed by atoms with Crippen molar-refractivity contribution in [2.75, 3.05) is 40.9 Å². The standard InChI is InChI=1S/C69H117N2O7P/c1-7-10-13-16-19-22-25-28-30-32-33-34-35-36-37-39-40-43-46-49-52-55-58-61-68(72)70-66(65-77-79(74,75)76-64-63-71(4,5)6)67(60-57-54-51-48-45-42-27-24-21-18-15-12-9-3)78-69(73)62-59-56-53-50-47-44-41-38-31-29-26-23-20-17-14-11-8-2/h10-11,13-14,19-20,22-23,28-31,33-34,36-37,41,44,50,53,57,60,66-67H,7-9,12,15-18,21,24-27,32,35,38-40,42-43,45-49,51-52,54-56,58-59,61-65H2,1-6H3,(H-,70,72,74,75)/b13-10-,14-11-,22-19-,23-20-,30-28-,31-29-,34-33-,37-36-,44-41-,53-50-,60-57-. The average molecular weight is 1120 g/mol. The Morgan fingerprint density at radius 3 is 1.24 bits per heavy atom. The summed E-state index contributed by atoms with van der Waals surface area (Å²) in [5, 5.41) is 3.01. The molecule has 0 aromatic rings. The van der Waals surface area contributed by atoms with E-state index in [-0.39, 0.29) is 25.4 Å². The number of unbranched alkanes of at least 4 members (excludes halogenated alkanes) is 19. The van der Waals surface area contributed by atoms with Gasteiger partial charge in [-0.3, -0.25) is 14.2 Å². The molecular weight excluding hydrogens is 1000 g/mol. The zero-order valence-corrected chi connectivity index (χ0v) is 52.2. The van der Waals surface area contributed by atoms with Crippen LogP contribution in [0.5, 0.6) is 0 Å². The summed E-state index contributed by atoms with van der Waals surface area (Å²) in [7, 11) is 1.13. The molecular formula is C69H117N2O7P. The van der Waals surface area contributed by atoms with Gasteiger partial charge in [0.1, 0.15) is 19.3 Å². The first-order valence-electron chi connectivity index (χ1n) is 31.5. The molecule has 0 aliphatic carbocycles. The minimum atomic E-state index is -4.73. The third-order valence-electron chi connectivity index (χ3n) is 13.1. The molecule has 0 aliphatic heterocycles. The maximum Gasteiger partial charge on any atom is 0.306 e. The maximum atomic E-state index is 13.6. The number of esters is 1. The Labute approximate surface area is 485 Å². The first-order valence-corrected chi connectivity index (χ1v) is 33.0. The number of rotatable bonds is 55. The van der Waals surface area contributed by atoms with Crippen LogP contribution in [-0.2, 0) is 27.9 Å². The number of ether oxygens (including phenoxy) is 1. The molecule has 3 atom stereocenters. The lowest BCUT2D eigenvalue weighted by Crippen LogP contribution is -2.47. The lowest BCUT2D eigenvalue weighted by Gasteiger charge is -2.30. The number of carbonyl (C=O) groups excluding carboxylic acids is 2. The highest BCUT2D eigenvalue weighted by molar-refractivity contribution is 7.45. The van der Waals surface area contributed by atoms with Crippen molar-refractivity contribution in [2.45, 2.75) is 251 Å². The van der Waals surface area contributed by atoms with E-state index in [4.69, 9.17) is 13.8 Å². The van der Waals surface area contributed by atoms with Gasteiger partial charge in [-0.2, -0.15) is 0 Å². The topological polar surface area (TPSA) is 114 Å². The van der Waals surface area contributed by atoms with E-state index >= 15 is 0 Å². The number of carbonyl (C=O) groups is 2. The highest BCUT2D eigenvalue weighted by Gasteiger charge is 2.27. The summed E-state index contributed by atoms with van der Waals surface area (Å²) in [6.07, 6.45) is 81.4. The summed E-state index contributed by atoms with van der Waals surface area (Å²) >= 11 is 0. The Morgan fingerprint density at radius 2 is 0.823 bits per heavy atom. The largest absolute Gasteiger partial charge is 0.756 e. The number of allylic oxidation sites excluding steroid dienone is 21. The summed E-state index contributed by atoms with van der Waals surface area (Å²) < 4.78 is 30.3. The van der Waals surface area contributed by atoms with Crippen molar-refractivity contribution >= 4 is 19.7 Å². The molecule has 10 heteroatoms. The van der Waals surface area contributed by atoms with Gasteiger partial charge >= 0.3 is 5.97 Å². The predicted octanol–water partition coefficient (Wildman–Crippen LogP) is 19.0. The lowest BCUT2D eigenvalue weighted by molar-refractivity contribution is -0.870. The second kappa shape index (κ2) is 57.4. The van der Waals surface area contributed by atoms with Gasteiger partial charge in [0.2, 0.25) is 5.91 Å². The first kappa shape index (κ1) is 75.2. The molecule has 0 rings (SSSR count). The number of phosphoric acid groups is 1. The van der Waals surface area contributed by atoms with E-state index < -0.39 is 32.5 Å². The summed E-state index contributed by atoms with van der Waals surface area (Å²) in [5.74, 6) is -0.631. The Bertz CT molecular complexity index is 1810. The maximum absolute atomic E-state index is 13.6. The van der Waals surface area contributed by atoms with Gasteiger partial charge in [0.15, 0.2) is 0 Å². The second-order valence-electron chi connectivity index (χ2n) is 21.8. The highest BCUT2D eigenvalue weighted by atomic mass is 31.2. The van der Waals surface area contributed by atoms with Gasteiger partial charge in [-0.05, 0) is 115 Å². The molecule has 1 amide bonds. The molecule has 3 unspecified atom stereocenters. The Kier molecular flexibility index (Phi) is 54.6. The summed E-state index contributed by atoms with van der Waals surface area (Å²) in [6.45, 7) is 6.55. The molecule has 0 aliphatic rings. The molecule has 0 heterocycles. The van der Waals surface area contributed by atoms with Crippen molar-refractivity contribution in [3.8, 4) is 0 Å². The number of nitrogens with one attached hydrogen (secondary N) is 1. The molecule has 0 bridgehead atoms. The van der Waals surface area contributed by atoms with E-state index in [2.05, 4.69) is 148 Å². The molecule has 450 valence electrons. The number of likely N-dealkylation sites (N-methyl/N-ethyl adjacent to an activating group) is 1. The van der Waals surface area contributed by atoms with Crippen molar-refractivity contribution in [3.05, 3.63) is 134 Å². The fourth-order valence-corrected chi connectivity index (χ4v) is 9.01. The molecule has 0 aromatic heterocycles. The molecule has 9 nitrogen and oxygen atoms in total. The monoisotopic (exact) mass is 1120 g/mol. The third-order valence-corrected chi connectivity index (χ3v) is 14.0. The van der Waals surface area contributed by atoms with Crippen LogP contribution in [0.3, 0.4) is 0 Å². The fourth-order valence-electron chi connectivity index (χ4n) is 8.29. The van der Waals surface area contributed by atoms with Crippen LogP contribution in [0.25, 0.3) is 0 Å². The van der Waals surface area contributed by atoms with Crippen molar-refractivity contribution in [2.24, 2.45) is 0 Å². The lowest BCUT2D eigenvalue weighted by atomic mass is 10.0. The zero-order chi connectivity index (χ0) is 57.9. The van der Waals surface area contributed by atoms with Crippen LogP contribution >= 0.6 is 7.82 Å². The SMILES string of the molecule is CC/C=C\C/C=C\C/C=C\C/C=C\C/C=C\CCCCCCCCCC(=O)NC(COP(=O)([O-])OCC[N+](C)(C)C)C(/C=C\CCCCCCCCCCCCC)OC(=O)CCC/C=C\C/C=C\C/C=C\C/C=C\C/C=C\CC. The Hall–Kier alpha value is -3.85. The van der Waals surface area contributed by atoms with Gasteiger partial charge in [0, 0.05) is 12.8 Å². The predicted molar refractivity (Wildman–Crippen MR) is 339 cm³/mol. The van der Waals surface area contributed by atoms with E-state index in [0.29, 0.717) is 23.9 Å². The first-order chi connectivity index (χ1) is 38.4. The Morgan fingerprint density at radius 1 is 0.456 bits per heavy atom. The summed E-state index contributed by atoms with van der Waals surface area (Å²) in [6, 6.07) is -0.928. The van der Waals surface area contributed by atoms with Crippen LogP contribution in [0.1, 0.15) is 239 Å². The molecule has 79 heavy (non-hydrogen) atoms. The van der Waals surface area contributed by atoms with Gasteiger partial charge in [-0.15, -0.1) is 0 Å². The van der Waals surface area contributed by atoms with Crippen molar-refractivity contribution in [1.82, 2.24) is 5.32 Å². The van der Waals surface area contributed by atoms with E-state index in [1.165, 1.54) is 77.0 Å². The van der Waals surface area contributed by atoms with Gasteiger partial charge in [-0.25, -0.2) is 0 Å². The molecule has 0 fully saturated rings. The fraction of sp³-hybridized carbons (Fsp3) is 0.652. The summed E-state index contributed by atoms with van der Waals surface area (Å²) in [4.78, 5) is 40.0. The van der Waals surface area contributed by atoms with Crippen LogP contribution in [0, 0.1) is 0 Å². The molecule has 0 spiro atoms. The summed E-state index contributed by atoms with van der Waals surface area (Å²) in [5.41, 5.74) is 0. The number of nitrogens with zero attached hydrogens (tertiary/aromatic N) is 1.